The van der Waals surface area contributed by atoms with Crippen molar-refractivity contribution in [3.63, 3.8) is 0 Å². The number of unbranched alkanes of at least 4 members (excludes halogenated alkanes) is 25. The van der Waals surface area contributed by atoms with Gasteiger partial charge in [0.05, 0.1) is 0 Å². The second-order valence-electron chi connectivity index (χ2n) is 17.8. The fourth-order valence-electron chi connectivity index (χ4n) is 7.43. The van der Waals surface area contributed by atoms with Gasteiger partial charge in [0.25, 0.3) is 0 Å². The van der Waals surface area contributed by atoms with Crippen molar-refractivity contribution < 1.29 is 28.6 Å². The molecule has 6 nitrogen and oxygen atoms in total. The normalized spacial score (nSPS) is 12.6. The number of hydrogen-bond donors (Lipinski definition) is 0. The lowest BCUT2D eigenvalue weighted by Crippen LogP contribution is -2.30. The Kier molecular flexibility index (Phi) is 49.9. The van der Waals surface area contributed by atoms with E-state index in [2.05, 4.69) is 81.5 Å². The number of allylic oxidation sites excluding steroid dienone is 12. The molecule has 0 saturated heterocycles. The summed E-state index contributed by atoms with van der Waals surface area (Å²) < 4.78 is 16.7. The fraction of sp³-hybridized carbons (Fsp3) is 0.741. The number of esters is 3. The predicted molar refractivity (Wildman–Crippen MR) is 274 cm³/mol. The lowest BCUT2D eigenvalue weighted by atomic mass is 10.0. The van der Waals surface area contributed by atoms with Crippen molar-refractivity contribution in [2.24, 2.45) is 0 Å². The van der Waals surface area contributed by atoms with Gasteiger partial charge >= 0.3 is 17.9 Å². The van der Waals surface area contributed by atoms with Crippen LogP contribution in [-0.2, 0) is 28.6 Å². The Morgan fingerprint density at radius 1 is 0.328 bits per heavy atom. The average Bonchev–Trinajstić information content (AvgIpc) is 3.29. The van der Waals surface area contributed by atoms with Gasteiger partial charge in [0.1, 0.15) is 13.2 Å². The van der Waals surface area contributed by atoms with Gasteiger partial charge in [-0.3, -0.25) is 14.4 Å². The Hall–Kier alpha value is -3.15. The molecule has 0 aliphatic carbocycles. The quantitative estimate of drug-likeness (QED) is 0.0262. The Morgan fingerprint density at radius 3 is 1.03 bits per heavy atom. The zero-order chi connectivity index (χ0) is 46.5. The van der Waals surface area contributed by atoms with Gasteiger partial charge in [0.15, 0.2) is 6.10 Å². The zero-order valence-corrected chi connectivity index (χ0v) is 42.0. The van der Waals surface area contributed by atoms with Gasteiger partial charge in [-0.15, -0.1) is 0 Å². The minimum absolute atomic E-state index is 0.108. The monoisotopic (exact) mass is 893 g/mol. The molecule has 0 aliphatic rings. The molecule has 0 amide bonds. The van der Waals surface area contributed by atoms with Crippen molar-refractivity contribution in [1.82, 2.24) is 0 Å². The van der Waals surface area contributed by atoms with Gasteiger partial charge < -0.3 is 14.2 Å². The highest BCUT2D eigenvalue weighted by Crippen LogP contribution is 2.15. The van der Waals surface area contributed by atoms with Gasteiger partial charge in [-0.1, -0.05) is 235 Å². The summed E-state index contributed by atoms with van der Waals surface area (Å²) >= 11 is 0. The summed E-state index contributed by atoms with van der Waals surface area (Å²) in [4.78, 5) is 38.0. The molecule has 0 aromatic rings. The Balaban J connectivity index is 4.47. The molecule has 0 aromatic heterocycles. The molecule has 0 fully saturated rings. The third-order valence-electron chi connectivity index (χ3n) is 11.5. The molecule has 0 radical (unpaired) electrons. The summed E-state index contributed by atoms with van der Waals surface area (Å²) in [5.74, 6) is -1.00. The van der Waals surface area contributed by atoms with Crippen molar-refractivity contribution in [1.29, 1.82) is 0 Å². The smallest absolute Gasteiger partial charge is 0.306 e. The summed E-state index contributed by atoms with van der Waals surface area (Å²) in [6.45, 7) is 6.45. The molecule has 0 spiro atoms. The molecule has 0 rings (SSSR count). The average molecular weight is 893 g/mol. The first-order valence-corrected chi connectivity index (χ1v) is 26.9. The van der Waals surface area contributed by atoms with E-state index in [0.29, 0.717) is 19.3 Å². The Labute approximate surface area is 395 Å². The van der Waals surface area contributed by atoms with Crippen molar-refractivity contribution in [3.05, 3.63) is 72.9 Å². The summed E-state index contributed by atoms with van der Waals surface area (Å²) in [5.41, 5.74) is 0. The first-order chi connectivity index (χ1) is 31.5. The van der Waals surface area contributed by atoms with Crippen molar-refractivity contribution >= 4 is 17.9 Å². The van der Waals surface area contributed by atoms with Crippen LogP contribution in [0.3, 0.4) is 0 Å². The maximum Gasteiger partial charge on any atom is 0.306 e. The SMILES string of the molecule is CC/C=C\C/C=C\C/C=C\C/C=C\C/C=C\CCC(=O)OC(COC(=O)CCCCC/C=C\CCCCCCCC)COC(=O)CCCCCCCCCCCCCCCCCCC. The number of ether oxygens (including phenoxy) is 3. The largest absolute Gasteiger partial charge is 0.462 e. The first-order valence-electron chi connectivity index (χ1n) is 26.9. The maximum absolute atomic E-state index is 12.8. The minimum atomic E-state index is -0.818. The highest BCUT2D eigenvalue weighted by Gasteiger charge is 2.19. The lowest BCUT2D eigenvalue weighted by Gasteiger charge is -2.18. The van der Waals surface area contributed by atoms with Gasteiger partial charge in [0.2, 0.25) is 0 Å². The van der Waals surface area contributed by atoms with Crippen LogP contribution in [0.2, 0.25) is 0 Å². The molecule has 0 heterocycles. The number of carbonyl (C=O) groups excluding carboxylic acids is 3. The Morgan fingerprint density at radius 2 is 0.641 bits per heavy atom. The van der Waals surface area contributed by atoms with Gasteiger partial charge in [0, 0.05) is 19.3 Å². The van der Waals surface area contributed by atoms with Crippen LogP contribution >= 0.6 is 0 Å². The van der Waals surface area contributed by atoms with E-state index in [9.17, 15) is 14.4 Å². The van der Waals surface area contributed by atoms with Gasteiger partial charge in [-0.05, 0) is 77.0 Å². The molecular formula is C58H100O6. The molecule has 0 saturated carbocycles. The second kappa shape index (κ2) is 52.5. The highest BCUT2D eigenvalue weighted by atomic mass is 16.6. The van der Waals surface area contributed by atoms with Crippen LogP contribution in [0.25, 0.3) is 0 Å². The molecule has 1 unspecified atom stereocenters. The standard InChI is InChI=1S/C58H100O6/c1-4-7-10-13-16-19-22-25-27-29-31-33-36-39-42-45-48-51-57(60)63-54-55(53-62-56(59)50-47-44-41-38-35-32-24-21-18-15-12-9-6-3)64-58(61)52-49-46-43-40-37-34-30-28-26-23-20-17-14-11-8-5-2/h8,11,17,20,26,28,32,34-35,37,43,46,55H,4-7,9-10,12-16,18-19,21-25,27,29-31,33,36,38-42,44-45,47-54H2,1-3H3/b11-8-,20-17-,28-26-,35-32-,37-34-,46-43-. The van der Waals surface area contributed by atoms with E-state index in [4.69, 9.17) is 14.2 Å². The molecule has 0 aliphatic heterocycles. The molecule has 0 aromatic carbocycles. The molecule has 368 valence electrons. The van der Waals surface area contributed by atoms with Gasteiger partial charge in [-0.2, -0.15) is 0 Å². The summed E-state index contributed by atoms with van der Waals surface area (Å²) in [6.07, 6.45) is 66.2. The Bertz CT molecular complexity index is 1210. The second-order valence-corrected chi connectivity index (χ2v) is 17.8. The van der Waals surface area contributed by atoms with E-state index in [0.717, 1.165) is 83.5 Å². The number of carbonyl (C=O) groups is 3. The van der Waals surface area contributed by atoms with E-state index >= 15 is 0 Å². The maximum atomic E-state index is 12.8. The molecule has 1 atom stereocenters. The van der Waals surface area contributed by atoms with Crippen LogP contribution in [-0.4, -0.2) is 37.2 Å². The van der Waals surface area contributed by atoms with Crippen molar-refractivity contribution in [3.8, 4) is 0 Å². The van der Waals surface area contributed by atoms with Crippen LogP contribution in [0.5, 0.6) is 0 Å². The van der Waals surface area contributed by atoms with E-state index in [-0.39, 0.29) is 31.6 Å². The van der Waals surface area contributed by atoms with E-state index < -0.39 is 12.1 Å². The van der Waals surface area contributed by atoms with Gasteiger partial charge in [-0.25, -0.2) is 0 Å². The van der Waals surface area contributed by atoms with Crippen LogP contribution in [0.4, 0.5) is 0 Å². The van der Waals surface area contributed by atoms with Crippen LogP contribution < -0.4 is 0 Å². The summed E-state index contributed by atoms with van der Waals surface area (Å²) in [5, 5.41) is 0. The van der Waals surface area contributed by atoms with E-state index in [1.54, 1.807) is 0 Å². The van der Waals surface area contributed by atoms with Crippen LogP contribution in [0.15, 0.2) is 72.9 Å². The third kappa shape index (κ3) is 49.9. The predicted octanol–water partition coefficient (Wildman–Crippen LogP) is 17.8. The lowest BCUT2D eigenvalue weighted by molar-refractivity contribution is -0.166. The minimum Gasteiger partial charge on any atom is -0.462 e. The van der Waals surface area contributed by atoms with E-state index in [1.165, 1.54) is 128 Å². The molecule has 6 heteroatoms. The molecular weight excluding hydrogens is 793 g/mol. The summed E-state index contributed by atoms with van der Waals surface area (Å²) in [6, 6.07) is 0. The van der Waals surface area contributed by atoms with Crippen molar-refractivity contribution in [2.75, 3.05) is 13.2 Å². The highest BCUT2D eigenvalue weighted by molar-refractivity contribution is 5.71. The fourth-order valence-corrected chi connectivity index (χ4v) is 7.43. The zero-order valence-electron chi connectivity index (χ0n) is 42.0. The number of hydrogen-bond acceptors (Lipinski definition) is 6. The number of rotatable bonds is 48. The molecule has 0 N–H and O–H groups in total. The molecule has 0 bridgehead atoms. The topological polar surface area (TPSA) is 78.9 Å². The first kappa shape index (κ1) is 60.9. The van der Waals surface area contributed by atoms with Crippen molar-refractivity contribution in [2.45, 2.75) is 264 Å². The van der Waals surface area contributed by atoms with E-state index in [1.807, 2.05) is 12.2 Å². The molecule has 64 heavy (non-hydrogen) atoms. The summed E-state index contributed by atoms with van der Waals surface area (Å²) in [7, 11) is 0. The van der Waals surface area contributed by atoms with Crippen LogP contribution in [0, 0.1) is 0 Å². The third-order valence-corrected chi connectivity index (χ3v) is 11.5. The van der Waals surface area contributed by atoms with Crippen LogP contribution in [0.1, 0.15) is 258 Å².